The van der Waals surface area contributed by atoms with Crippen molar-refractivity contribution in [1.29, 1.82) is 0 Å². The molecule has 0 radical (unpaired) electrons. The van der Waals surface area contributed by atoms with Gasteiger partial charge in [-0.05, 0) is 37.2 Å². The molecule has 0 fully saturated rings. The third-order valence-electron chi connectivity index (χ3n) is 5.59. The Bertz CT molecular complexity index is 936. The second-order valence-corrected chi connectivity index (χ2v) is 18.6. The number of fused-ring (bicyclic) bond motifs is 1. The minimum absolute atomic E-state index is 0.0593. The molecule has 29 heavy (non-hydrogen) atoms. The molecule has 0 amide bonds. The van der Waals surface area contributed by atoms with Crippen molar-refractivity contribution in [3.63, 3.8) is 0 Å². The van der Waals surface area contributed by atoms with E-state index in [9.17, 15) is 16.8 Å². The van der Waals surface area contributed by atoms with E-state index in [-0.39, 0.29) is 26.0 Å². The van der Waals surface area contributed by atoms with Gasteiger partial charge in [-0.1, -0.05) is 27.7 Å². The Morgan fingerprint density at radius 3 is 2.52 bits per heavy atom. The van der Waals surface area contributed by atoms with Gasteiger partial charge in [0, 0.05) is 31.3 Å². The molecule has 12 heteroatoms. The van der Waals surface area contributed by atoms with E-state index in [1.165, 1.54) is 10.4 Å². The molecule has 1 aliphatic rings. The number of nitrogens with two attached hydrogens (primary N) is 1. The summed E-state index contributed by atoms with van der Waals surface area (Å²) in [6.07, 6.45) is 0.577. The lowest BCUT2D eigenvalue weighted by Crippen LogP contribution is -2.44. The second kappa shape index (κ2) is 8.65. The van der Waals surface area contributed by atoms with Gasteiger partial charge in [0.1, 0.15) is 8.42 Å². The monoisotopic (exact) mass is 483 g/mol. The molecule has 0 aromatic carbocycles. The molecule has 168 valence electrons. The van der Waals surface area contributed by atoms with Crippen LogP contribution in [0.15, 0.2) is 14.5 Å². The number of sulfonamides is 2. The molecule has 0 aliphatic carbocycles. The summed E-state index contributed by atoms with van der Waals surface area (Å²) in [5.41, 5.74) is 0.481. The largest absolute Gasteiger partial charge is 0.417 e. The summed E-state index contributed by atoms with van der Waals surface area (Å²) in [5, 5.41) is 8.57. The third-order valence-corrected chi connectivity index (χ3v) is 15.1. The van der Waals surface area contributed by atoms with Crippen molar-refractivity contribution in [2.45, 2.75) is 66.7 Å². The molecule has 8 nitrogen and oxygen atoms in total. The lowest BCUT2D eigenvalue weighted by atomic mass is 10.1. The summed E-state index contributed by atoms with van der Waals surface area (Å²) in [5.74, 6) is 0. The first kappa shape index (κ1) is 24.9. The van der Waals surface area contributed by atoms with E-state index in [0.29, 0.717) is 31.7 Å². The van der Waals surface area contributed by atoms with Crippen LogP contribution >= 0.6 is 11.3 Å². The van der Waals surface area contributed by atoms with E-state index >= 15 is 0 Å². The van der Waals surface area contributed by atoms with Crippen LogP contribution < -0.4 is 10.5 Å². The summed E-state index contributed by atoms with van der Waals surface area (Å²) in [4.78, 5) is 0. The van der Waals surface area contributed by atoms with Gasteiger partial charge < -0.3 is 9.74 Å². The zero-order chi connectivity index (χ0) is 22.3. The fourth-order valence-electron chi connectivity index (χ4n) is 2.88. The summed E-state index contributed by atoms with van der Waals surface area (Å²) >= 11 is 0.722. The van der Waals surface area contributed by atoms with Gasteiger partial charge in [0.25, 0.3) is 10.0 Å². The van der Waals surface area contributed by atoms with Gasteiger partial charge in [-0.25, -0.2) is 22.0 Å². The minimum atomic E-state index is -3.96. The first-order valence-electron chi connectivity index (χ1n) is 9.65. The molecular weight excluding hydrogens is 450 g/mol. The molecule has 1 aliphatic heterocycles. The number of thiophene rings is 1. The van der Waals surface area contributed by atoms with Crippen LogP contribution in [0.25, 0.3) is 0 Å². The first-order valence-corrected chi connectivity index (χ1v) is 16.4. The molecule has 1 atom stereocenters. The summed E-state index contributed by atoms with van der Waals surface area (Å²) < 4.78 is 57.2. The molecule has 2 rings (SSSR count). The Balaban J connectivity index is 2.19. The summed E-state index contributed by atoms with van der Waals surface area (Å²) in [7, 11) is -9.62. The number of rotatable bonds is 8. The normalized spacial score (nSPS) is 20.6. The van der Waals surface area contributed by atoms with E-state index < -0.39 is 28.4 Å². The quantitative estimate of drug-likeness (QED) is 0.433. The highest BCUT2D eigenvalue weighted by molar-refractivity contribution is 7.94. The average Bonchev–Trinajstić information content (AvgIpc) is 3.01. The fourth-order valence-corrected chi connectivity index (χ4v) is 8.28. The Morgan fingerprint density at radius 1 is 1.38 bits per heavy atom. The highest BCUT2D eigenvalue weighted by atomic mass is 32.3. The average molecular weight is 484 g/mol. The topological polar surface area (TPSA) is 119 Å². The van der Waals surface area contributed by atoms with Gasteiger partial charge in [-0.3, -0.25) is 0 Å². The van der Waals surface area contributed by atoms with E-state index in [4.69, 9.17) is 9.56 Å². The van der Waals surface area contributed by atoms with Gasteiger partial charge in [-0.15, -0.1) is 11.3 Å². The van der Waals surface area contributed by atoms with Crippen molar-refractivity contribution in [2.24, 2.45) is 5.14 Å². The van der Waals surface area contributed by atoms with Gasteiger partial charge in [0.15, 0.2) is 8.32 Å². The molecule has 1 aromatic heterocycles. The SMILES string of the molecule is CCNC1CN(CCCO[Si](C)(C)C(C)(C)C)S(=O)(=O)c2sc(S(N)(=O)=O)cc21. The van der Waals surface area contributed by atoms with E-state index in [1.807, 2.05) is 6.92 Å². The first-order chi connectivity index (χ1) is 13.1. The number of likely N-dealkylation sites (N-methyl/N-ethyl adjacent to an activating group) is 1. The van der Waals surface area contributed by atoms with Crippen molar-refractivity contribution in [2.75, 3.05) is 26.2 Å². The maximum atomic E-state index is 13.1. The van der Waals surface area contributed by atoms with Crippen LogP contribution in [-0.2, 0) is 24.5 Å². The lowest BCUT2D eigenvalue weighted by molar-refractivity contribution is 0.258. The zero-order valence-corrected chi connectivity index (χ0v) is 21.4. The number of nitrogens with one attached hydrogen (secondary N) is 1. The van der Waals surface area contributed by atoms with Gasteiger partial charge in [0.2, 0.25) is 10.0 Å². The molecular formula is C17H33N3O5S3Si. The van der Waals surface area contributed by atoms with Gasteiger partial charge >= 0.3 is 0 Å². The highest BCUT2D eigenvalue weighted by Gasteiger charge is 2.40. The number of nitrogens with zero attached hydrogens (tertiary/aromatic N) is 1. The van der Waals surface area contributed by atoms with E-state index in [2.05, 4.69) is 39.2 Å². The van der Waals surface area contributed by atoms with Gasteiger partial charge in [0.05, 0.1) is 0 Å². The predicted molar refractivity (Wildman–Crippen MR) is 119 cm³/mol. The molecule has 0 saturated heterocycles. The molecule has 0 spiro atoms. The zero-order valence-electron chi connectivity index (χ0n) is 18.0. The van der Waals surface area contributed by atoms with Crippen LogP contribution in [0.3, 0.4) is 0 Å². The molecule has 0 saturated carbocycles. The van der Waals surface area contributed by atoms with Crippen molar-refractivity contribution in [3.8, 4) is 0 Å². The third kappa shape index (κ3) is 5.48. The Morgan fingerprint density at radius 2 is 2.00 bits per heavy atom. The number of hydrogen-bond donors (Lipinski definition) is 2. The van der Waals surface area contributed by atoms with E-state index in [0.717, 1.165) is 11.3 Å². The Kier molecular flexibility index (Phi) is 7.44. The smallest absolute Gasteiger partial charge is 0.252 e. The number of hydrogen-bond acceptors (Lipinski definition) is 7. The maximum Gasteiger partial charge on any atom is 0.252 e. The lowest BCUT2D eigenvalue weighted by Gasteiger charge is -2.36. The standard InChI is InChI=1S/C17H33N3O5S3Si/c1-7-19-14-12-20(9-8-10-25-29(5,6)17(2,3)4)28(23,24)16-13(14)11-15(26-16)27(18,21)22/h11,14,19H,7-10,12H2,1-6H3,(H2,18,21,22). The van der Waals surface area contributed by atoms with Crippen molar-refractivity contribution >= 4 is 39.7 Å². The molecule has 1 unspecified atom stereocenters. The second-order valence-electron chi connectivity index (χ2n) is 8.79. The number of primary sulfonamides is 1. The van der Waals surface area contributed by atoms with Gasteiger partial charge in [-0.2, -0.15) is 4.31 Å². The van der Waals surface area contributed by atoms with Crippen molar-refractivity contribution < 1.29 is 21.3 Å². The van der Waals surface area contributed by atoms with Crippen LogP contribution in [0.5, 0.6) is 0 Å². The van der Waals surface area contributed by atoms with Crippen LogP contribution in [-0.4, -0.2) is 55.7 Å². The van der Waals surface area contributed by atoms with E-state index in [1.54, 1.807) is 0 Å². The van der Waals surface area contributed by atoms with Crippen molar-refractivity contribution in [1.82, 2.24) is 9.62 Å². The Labute approximate surface area is 180 Å². The van der Waals surface area contributed by atoms with Crippen LogP contribution in [0, 0.1) is 0 Å². The summed E-state index contributed by atoms with van der Waals surface area (Å²) in [6, 6.07) is 1.12. The van der Waals surface area contributed by atoms with Crippen LogP contribution in [0.2, 0.25) is 18.1 Å². The highest BCUT2D eigenvalue weighted by Crippen LogP contribution is 2.40. The van der Waals surface area contributed by atoms with Crippen molar-refractivity contribution in [3.05, 3.63) is 11.6 Å². The minimum Gasteiger partial charge on any atom is -0.417 e. The predicted octanol–water partition coefficient (Wildman–Crippen LogP) is 2.46. The fraction of sp³-hybridized carbons (Fsp3) is 0.765. The molecule has 0 bridgehead atoms. The van der Waals surface area contributed by atoms with Crippen LogP contribution in [0.4, 0.5) is 0 Å². The molecule has 3 N–H and O–H groups in total. The Hall–Kier alpha value is -0.343. The molecule has 2 heterocycles. The summed E-state index contributed by atoms with van der Waals surface area (Å²) in [6.45, 7) is 14.4. The maximum absolute atomic E-state index is 13.1. The molecule has 1 aromatic rings. The van der Waals surface area contributed by atoms with Crippen LogP contribution in [0.1, 0.15) is 45.7 Å².